The van der Waals surface area contributed by atoms with Crippen molar-refractivity contribution < 1.29 is 8.91 Å². The number of thioether (sulfide) groups is 1. The molecule has 0 N–H and O–H groups in total. The highest BCUT2D eigenvalue weighted by atomic mass is 32.2. The first-order valence-electron chi connectivity index (χ1n) is 9.81. The van der Waals surface area contributed by atoms with Crippen LogP contribution in [0.3, 0.4) is 0 Å². The molecule has 5 aromatic rings. The van der Waals surface area contributed by atoms with Gasteiger partial charge in [-0.05, 0) is 23.3 Å². The Morgan fingerprint density at radius 2 is 1.88 bits per heavy atom. The Balaban J connectivity index is 1.37. The fourth-order valence-electron chi connectivity index (χ4n) is 3.35. The third-order valence-corrected chi connectivity index (χ3v) is 6.86. The van der Waals surface area contributed by atoms with Crippen LogP contribution >= 0.6 is 23.1 Å². The summed E-state index contributed by atoms with van der Waals surface area (Å²) in [6.45, 7) is 0. The van der Waals surface area contributed by atoms with Gasteiger partial charge in [0.05, 0.1) is 11.1 Å². The van der Waals surface area contributed by atoms with Gasteiger partial charge in [-0.15, -0.1) is 11.3 Å². The molecule has 0 aliphatic rings. The average molecular weight is 465 g/mol. The van der Waals surface area contributed by atoms with E-state index in [0.717, 1.165) is 16.7 Å². The van der Waals surface area contributed by atoms with E-state index < -0.39 is 0 Å². The molecule has 3 aromatic heterocycles. The highest BCUT2D eigenvalue weighted by Crippen LogP contribution is 2.32. The Bertz CT molecular complexity index is 1440. The second kappa shape index (κ2) is 8.68. The maximum atomic E-state index is 13.3. The zero-order chi connectivity index (χ0) is 22.1. The fraction of sp³-hybridized carbons (Fsp3) is 0.130. The van der Waals surface area contributed by atoms with Crippen molar-refractivity contribution in [3.63, 3.8) is 0 Å². The molecule has 0 fully saturated rings. The predicted octanol–water partition coefficient (Wildman–Crippen LogP) is 5.07. The van der Waals surface area contributed by atoms with Gasteiger partial charge < -0.3 is 4.52 Å². The number of hydrogen-bond donors (Lipinski definition) is 0. The van der Waals surface area contributed by atoms with Crippen LogP contribution in [0.1, 0.15) is 17.3 Å². The maximum absolute atomic E-state index is 13.3. The van der Waals surface area contributed by atoms with Gasteiger partial charge in [-0.1, -0.05) is 59.4 Å². The molecule has 9 heteroatoms. The van der Waals surface area contributed by atoms with Crippen LogP contribution in [0, 0.1) is 5.82 Å². The quantitative estimate of drug-likeness (QED) is 0.258. The van der Waals surface area contributed by atoms with Crippen molar-refractivity contribution in [3.8, 4) is 11.1 Å². The van der Waals surface area contributed by atoms with Crippen LogP contribution in [0.4, 0.5) is 4.39 Å². The van der Waals surface area contributed by atoms with Gasteiger partial charge >= 0.3 is 0 Å². The van der Waals surface area contributed by atoms with E-state index in [-0.39, 0.29) is 11.4 Å². The molecule has 0 saturated heterocycles. The number of hydrogen-bond acceptors (Lipinski definition) is 7. The van der Waals surface area contributed by atoms with Crippen LogP contribution in [0.15, 0.2) is 74.5 Å². The number of fused-ring (bicyclic) bond motifs is 1. The number of rotatable bonds is 6. The zero-order valence-corrected chi connectivity index (χ0v) is 18.6. The minimum Gasteiger partial charge on any atom is -0.338 e. The second-order valence-corrected chi connectivity index (χ2v) is 8.95. The van der Waals surface area contributed by atoms with E-state index in [1.54, 1.807) is 19.2 Å². The van der Waals surface area contributed by atoms with Crippen molar-refractivity contribution in [1.82, 2.24) is 19.7 Å². The fourth-order valence-corrected chi connectivity index (χ4v) is 5.15. The van der Waals surface area contributed by atoms with Gasteiger partial charge in [-0.2, -0.15) is 4.98 Å². The highest BCUT2D eigenvalue weighted by Gasteiger charge is 2.17. The summed E-state index contributed by atoms with van der Waals surface area (Å²) in [4.78, 5) is 22.8. The summed E-state index contributed by atoms with van der Waals surface area (Å²) in [7, 11) is 1.69. The molecule has 0 amide bonds. The van der Waals surface area contributed by atoms with Crippen LogP contribution in [0.5, 0.6) is 0 Å². The number of halogens is 1. The molecule has 32 heavy (non-hydrogen) atoms. The molecule has 0 radical (unpaired) electrons. The van der Waals surface area contributed by atoms with Crippen LogP contribution in [0.2, 0.25) is 0 Å². The van der Waals surface area contributed by atoms with Gasteiger partial charge in [0.15, 0.2) is 11.0 Å². The van der Waals surface area contributed by atoms with Crippen LogP contribution in [0.25, 0.3) is 21.3 Å². The minimum atomic E-state index is -0.314. The lowest BCUT2D eigenvalue weighted by Crippen LogP contribution is -2.19. The van der Waals surface area contributed by atoms with Gasteiger partial charge in [0, 0.05) is 24.4 Å². The molecule has 0 aliphatic heterocycles. The van der Waals surface area contributed by atoms with Gasteiger partial charge in [0.25, 0.3) is 5.56 Å². The average Bonchev–Trinajstić information content (AvgIpc) is 3.43. The summed E-state index contributed by atoms with van der Waals surface area (Å²) in [5.41, 5.74) is 2.51. The third kappa shape index (κ3) is 4.09. The third-order valence-electron chi connectivity index (χ3n) is 4.97. The van der Waals surface area contributed by atoms with E-state index in [1.807, 2.05) is 35.7 Å². The Morgan fingerprint density at radius 1 is 1.09 bits per heavy atom. The first-order valence-corrected chi connectivity index (χ1v) is 11.7. The van der Waals surface area contributed by atoms with E-state index in [2.05, 4.69) is 15.1 Å². The molecule has 160 valence electrons. The summed E-state index contributed by atoms with van der Waals surface area (Å²) in [6.07, 6.45) is 0.596. The molecule has 0 aliphatic carbocycles. The molecule has 0 unspecified atom stereocenters. The Kier molecular flexibility index (Phi) is 5.59. The zero-order valence-electron chi connectivity index (χ0n) is 17.0. The summed E-state index contributed by atoms with van der Waals surface area (Å²) >= 11 is 2.76. The lowest BCUT2D eigenvalue weighted by molar-refractivity contribution is 0.385. The molecule has 0 spiro atoms. The van der Waals surface area contributed by atoms with Crippen molar-refractivity contribution >= 4 is 33.3 Å². The lowest BCUT2D eigenvalue weighted by Gasteiger charge is -2.07. The maximum Gasteiger partial charge on any atom is 0.263 e. The van der Waals surface area contributed by atoms with Gasteiger partial charge in [0.1, 0.15) is 10.6 Å². The number of aromatic nitrogens is 4. The molecule has 3 heterocycles. The van der Waals surface area contributed by atoms with Gasteiger partial charge in [-0.3, -0.25) is 9.36 Å². The molecule has 2 aromatic carbocycles. The number of benzene rings is 2. The molecule has 0 bridgehead atoms. The van der Waals surface area contributed by atoms with Crippen LogP contribution < -0.4 is 5.56 Å². The summed E-state index contributed by atoms with van der Waals surface area (Å²) in [6, 6.07) is 16.0. The van der Waals surface area contributed by atoms with E-state index in [9.17, 15) is 9.18 Å². The van der Waals surface area contributed by atoms with E-state index in [4.69, 9.17) is 4.52 Å². The van der Waals surface area contributed by atoms with Crippen molar-refractivity contribution in [2.45, 2.75) is 17.3 Å². The first-order chi connectivity index (χ1) is 15.6. The van der Waals surface area contributed by atoms with E-state index in [1.165, 1.54) is 39.8 Å². The topological polar surface area (TPSA) is 73.8 Å². The summed E-state index contributed by atoms with van der Waals surface area (Å²) in [5, 5.41) is 7.03. The molecule has 5 rings (SSSR count). The predicted molar refractivity (Wildman–Crippen MR) is 123 cm³/mol. The Hall–Kier alpha value is -3.30. The Morgan fingerprint density at radius 3 is 2.66 bits per heavy atom. The van der Waals surface area contributed by atoms with Crippen molar-refractivity contribution in [2.24, 2.45) is 7.05 Å². The normalized spacial score (nSPS) is 11.3. The molecule has 0 atom stereocenters. The lowest BCUT2D eigenvalue weighted by atomic mass is 10.1. The number of thiophene rings is 1. The first kappa shape index (κ1) is 20.6. The molecule has 0 saturated carbocycles. The van der Waals surface area contributed by atoms with Crippen LogP contribution in [-0.4, -0.2) is 19.7 Å². The number of nitrogens with zero attached hydrogens (tertiary/aromatic N) is 4. The molecular formula is C23H17FN4O2S2. The Labute approximate surface area is 190 Å². The molecule has 6 nitrogen and oxygen atoms in total. The minimum absolute atomic E-state index is 0.145. The van der Waals surface area contributed by atoms with E-state index >= 15 is 0 Å². The largest absolute Gasteiger partial charge is 0.338 e. The van der Waals surface area contributed by atoms with Gasteiger partial charge in [-0.25, -0.2) is 9.37 Å². The van der Waals surface area contributed by atoms with Gasteiger partial charge in [0.2, 0.25) is 5.89 Å². The van der Waals surface area contributed by atoms with Crippen molar-refractivity contribution in [3.05, 3.63) is 93.4 Å². The molecular weight excluding hydrogens is 447 g/mol. The van der Waals surface area contributed by atoms with Crippen molar-refractivity contribution in [2.75, 3.05) is 0 Å². The SMILES string of the molecule is Cn1c(SCc2nc(Cc3ccccc3)no2)nc2scc(-c3ccc(F)cc3)c2c1=O. The van der Waals surface area contributed by atoms with E-state index in [0.29, 0.717) is 39.3 Å². The highest BCUT2D eigenvalue weighted by molar-refractivity contribution is 7.98. The monoisotopic (exact) mass is 464 g/mol. The smallest absolute Gasteiger partial charge is 0.263 e. The standard InChI is InChI=1S/C23H17FN4O2S2/c1-28-22(29)20-17(15-7-9-16(24)10-8-15)12-31-21(20)26-23(28)32-13-19-25-18(27-30-19)11-14-5-3-2-4-6-14/h2-10,12H,11,13H2,1H3. The van der Waals surface area contributed by atoms with Crippen LogP contribution in [-0.2, 0) is 19.2 Å². The second-order valence-electron chi connectivity index (χ2n) is 7.15. The summed E-state index contributed by atoms with van der Waals surface area (Å²) < 4.78 is 20.2. The summed E-state index contributed by atoms with van der Waals surface area (Å²) in [5.74, 6) is 1.19. The van der Waals surface area contributed by atoms with Crippen molar-refractivity contribution in [1.29, 1.82) is 0 Å².